The summed E-state index contributed by atoms with van der Waals surface area (Å²) in [4.78, 5) is 14.2. The van der Waals surface area contributed by atoms with Gasteiger partial charge in [0.15, 0.2) is 6.10 Å². The number of hydrogen-bond donors (Lipinski definition) is 1. The fraction of sp³-hybridized carbons (Fsp3) is 0.250. The molecule has 4 nitrogen and oxygen atoms in total. The second-order valence-corrected chi connectivity index (χ2v) is 2.16. The first-order valence-corrected chi connectivity index (χ1v) is 3.34. The summed E-state index contributed by atoms with van der Waals surface area (Å²) in [7, 11) is 1.33. The Hall–Kier alpha value is -1.42. The second kappa shape index (κ2) is 3.82. The van der Waals surface area contributed by atoms with E-state index in [-0.39, 0.29) is 0 Å². The van der Waals surface area contributed by atoms with Crippen LogP contribution in [-0.4, -0.2) is 23.2 Å². The van der Waals surface area contributed by atoms with Crippen LogP contribution in [-0.2, 0) is 9.53 Å². The van der Waals surface area contributed by atoms with Gasteiger partial charge in [0, 0.05) is 18.9 Å². The molecule has 1 atom stereocenters. The van der Waals surface area contributed by atoms with Crippen molar-refractivity contribution in [2.24, 2.45) is 0 Å². The molecule has 0 saturated carbocycles. The molecule has 0 aliphatic heterocycles. The van der Waals surface area contributed by atoms with E-state index in [4.69, 9.17) is 9.84 Å². The third kappa shape index (κ3) is 1.79. The number of pyridine rings is 1. The molecule has 12 heavy (non-hydrogen) atoms. The lowest BCUT2D eigenvalue weighted by molar-refractivity contribution is -0.148. The van der Waals surface area contributed by atoms with Gasteiger partial charge < -0.3 is 9.84 Å². The lowest BCUT2D eigenvalue weighted by Crippen LogP contribution is -2.13. The highest BCUT2D eigenvalue weighted by atomic mass is 16.5. The summed E-state index contributed by atoms with van der Waals surface area (Å²) >= 11 is 0. The minimum absolute atomic E-state index is 0.424. The quantitative estimate of drug-likeness (QED) is 0.716. The molecule has 0 fully saturated rings. The van der Waals surface area contributed by atoms with Crippen LogP contribution in [0.5, 0.6) is 0 Å². The minimum Gasteiger partial charge on any atom is -0.479 e. The first-order chi connectivity index (χ1) is 5.75. The summed E-state index contributed by atoms with van der Waals surface area (Å²) in [5.41, 5.74) is 0.424. The Labute approximate surface area is 69.8 Å². The number of aliphatic carboxylic acids is 1. The molecule has 1 aromatic heterocycles. The van der Waals surface area contributed by atoms with Crippen molar-refractivity contribution >= 4 is 5.97 Å². The number of hydrogen-bond acceptors (Lipinski definition) is 3. The lowest BCUT2D eigenvalue weighted by Gasteiger charge is -2.08. The van der Waals surface area contributed by atoms with Gasteiger partial charge in [-0.15, -0.1) is 0 Å². The average molecular weight is 166 g/mol. The number of aromatic nitrogens is 1. The van der Waals surface area contributed by atoms with E-state index in [1.54, 1.807) is 12.1 Å². The molecule has 63 valence electrons. The number of rotatable bonds is 3. The van der Waals surface area contributed by atoms with Crippen LogP contribution in [0, 0.1) is 6.20 Å². The Morgan fingerprint density at radius 1 is 1.83 bits per heavy atom. The van der Waals surface area contributed by atoms with Gasteiger partial charge in [0.25, 0.3) is 0 Å². The van der Waals surface area contributed by atoms with E-state index in [1.165, 1.54) is 13.3 Å². The van der Waals surface area contributed by atoms with E-state index in [0.29, 0.717) is 5.56 Å². The van der Waals surface area contributed by atoms with Crippen molar-refractivity contribution in [3.63, 3.8) is 0 Å². The van der Waals surface area contributed by atoms with Gasteiger partial charge in [-0.3, -0.25) is 4.98 Å². The zero-order valence-corrected chi connectivity index (χ0v) is 6.52. The smallest absolute Gasteiger partial charge is 0.337 e. The van der Waals surface area contributed by atoms with Crippen LogP contribution in [0.3, 0.4) is 0 Å². The van der Waals surface area contributed by atoms with Crippen LogP contribution in [0.2, 0.25) is 0 Å². The topological polar surface area (TPSA) is 59.4 Å². The monoisotopic (exact) mass is 166 g/mol. The molecule has 1 aromatic rings. The van der Waals surface area contributed by atoms with Crippen molar-refractivity contribution in [3.8, 4) is 0 Å². The summed E-state index contributed by atoms with van der Waals surface area (Å²) < 4.78 is 4.73. The van der Waals surface area contributed by atoms with Gasteiger partial charge in [0.2, 0.25) is 0 Å². The molecule has 1 unspecified atom stereocenters. The largest absolute Gasteiger partial charge is 0.479 e. The Bertz CT molecular complexity index is 260. The molecular formula is C8H8NO3. The zero-order chi connectivity index (χ0) is 8.97. The van der Waals surface area contributed by atoms with Gasteiger partial charge in [-0.2, -0.15) is 0 Å². The highest BCUT2D eigenvalue weighted by Crippen LogP contribution is 2.13. The number of methoxy groups -OCH3 is 1. The normalized spacial score (nSPS) is 12.4. The maximum atomic E-state index is 10.6. The lowest BCUT2D eigenvalue weighted by atomic mass is 10.2. The van der Waals surface area contributed by atoms with Gasteiger partial charge in [-0.25, -0.2) is 4.79 Å². The van der Waals surface area contributed by atoms with Gasteiger partial charge >= 0.3 is 5.97 Å². The second-order valence-electron chi connectivity index (χ2n) is 2.16. The molecule has 0 spiro atoms. The number of carbonyl (C=O) groups is 1. The predicted molar refractivity (Wildman–Crippen MR) is 40.5 cm³/mol. The van der Waals surface area contributed by atoms with Gasteiger partial charge in [-0.1, -0.05) is 6.07 Å². The van der Waals surface area contributed by atoms with Crippen LogP contribution < -0.4 is 0 Å². The van der Waals surface area contributed by atoms with Crippen LogP contribution >= 0.6 is 0 Å². The van der Waals surface area contributed by atoms with E-state index in [0.717, 1.165) is 0 Å². The standard InChI is InChI=1S/C8H8NO3/c1-12-7(8(10)11)6-3-2-4-9-5-6/h2-4,7H,1H3,(H,10,11). The Balaban J connectivity index is 2.88. The summed E-state index contributed by atoms with van der Waals surface area (Å²) in [6, 6.07) is 3.25. The molecule has 0 bridgehead atoms. The van der Waals surface area contributed by atoms with E-state index in [2.05, 4.69) is 11.2 Å². The summed E-state index contributed by atoms with van der Waals surface area (Å²) in [5, 5.41) is 8.65. The van der Waals surface area contributed by atoms with Gasteiger partial charge in [0.1, 0.15) is 0 Å². The molecule has 0 amide bonds. The SMILES string of the molecule is COC(C(=O)O)c1[c]nccc1. The molecule has 0 aliphatic rings. The first kappa shape index (κ1) is 8.67. The summed E-state index contributed by atoms with van der Waals surface area (Å²) in [5.74, 6) is -1.04. The minimum atomic E-state index is -1.04. The molecule has 1 radical (unpaired) electrons. The molecule has 1 N–H and O–H groups in total. The zero-order valence-electron chi connectivity index (χ0n) is 6.52. The van der Waals surface area contributed by atoms with Crippen molar-refractivity contribution in [3.05, 3.63) is 30.1 Å². The molecule has 0 saturated heterocycles. The molecule has 0 aromatic carbocycles. The molecule has 1 heterocycles. The predicted octanol–water partition coefficient (Wildman–Crippen LogP) is 0.654. The third-order valence-electron chi connectivity index (χ3n) is 1.37. The average Bonchev–Trinajstić information content (AvgIpc) is 2.07. The van der Waals surface area contributed by atoms with Crippen molar-refractivity contribution in [2.75, 3.05) is 7.11 Å². The highest BCUT2D eigenvalue weighted by Gasteiger charge is 2.18. The van der Waals surface area contributed by atoms with E-state index in [1.807, 2.05) is 0 Å². The summed E-state index contributed by atoms with van der Waals surface area (Å²) in [6.45, 7) is 0. The number of ether oxygens (including phenoxy) is 1. The van der Waals surface area contributed by atoms with Gasteiger partial charge in [0.05, 0.1) is 6.20 Å². The van der Waals surface area contributed by atoms with E-state index < -0.39 is 12.1 Å². The number of nitrogens with zero attached hydrogens (tertiary/aromatic N) is 1. The van der Waals surface area contributed by atoms with Crippen LogP contribution in [0.1, 0.15) is 11.7 Å². The molecule has 4 heteroatoms. The Morgan fingerprint density at radius 2 is 2.58 bits per heavy atom. The first-order valence-electron chi connectivity index (χ1n) is 3.34. The van der Waals surface area contributed by atoms with E-state index in [9.17, 15) is 4.79 Å². The fourth-order valence-corrected chi connectivity index (χ4v) is 0.846. The highest BCUT2D eigenvalue weighted by molar-refractivity contribution is 5.74. The third-order valence-corrected chi connectivity index (χ3v) is 1.37. The van der Waals surface area contributed by atoms with Crippen LogP contribution in [0.15, 0.2) is 18.3 Å². The number of carboxylic acids is 1. The van der Waals surface area contributed by atoms with Crippen molar-refractivity contribution in [2.45, 2.75) is 6.10 Å². The number of carboxylic acid groups (broad SMARTS) is 1. The van der Waals surface area contributed by atoms with Crippen molar-refractivity contribution in [1.29, 1.82) is 0 Å². The van der Waals surface area contributed by atoms with E-state index >= 15 is 0 Å². The maximum absolute atomic E-state index is 10.6. The van der Waals surface area contributed by atoms with Crippen molar-refractivity contribution in [1.82, 2.24) is 4.98 Å². The van der Waals surface area contributed by atoms with Crippen LogP contribution in [0.25, 0.3) is 0 Å². The van der Waals surface area contributed by atoms with Crippen LogP contribution in [0.4, 0.5) is 0 Å². The Kier molecular flexibility index (Phi) is 2.76. The molecular weight excluding hydrogens is 158 g/mol. The maximum Gasteiger partial charge on any atom is 0.337 e. The van der Waals surface area contributed by atoms with Gasteiger partial charge in [-0.05, 0) is 6.07 Å². The van der Waals surface area contributed by atoms with Crippen molar-refractivity contribution < 1.29 is 14.6 Å². The molecule has 0 aliphatic carbocycles. The summed E-state index contributed by atoms with van der Waals surface area (Å²) in [6.07, 6.45) is 3.10. The Morgan fingerprint density at radius 3 is 3.00 bits per heavy atom. The fourth-order valence-electron chi connectivity index (χ4n) is 0.846. The molecule has 1 rings (SSSR count).